The first-order valence-corrected chi connectivity index (χ1v) is 6.31. The van der Waals surface area contributed by atoms with E-state index in [-0.39, 0.29) is 5.69 Å². The zero-order valence-electron chi connectivity index (χ0n) is 11.3. The highest BCUT2D eigenvalue weighted by atomic mass is 16.6. The van der Waals surface area contributed by atoms with Crippen molar-refractivity contribution < 1.29 is 14.4 Å². The summed E-state index contributed by atoms with van der Waals surface area (Å²) in [6.45, 7) is 4.37. The molecule has 0 atom stereocenters. The van der Waals surface area contributed by atoms with E-state index in [2.05, 4.69) is 5.32 Å². The first-order valence-electron chi connectivity index (χ1n) is 6.31. The molecule has 0 aliphatic heterocycles. The number of hydrogen-bond donors (Lipinski definition) is 1. The van der Waals surface area contributed by atoms with Crippen LogP contribution in [-0.2, 0) is 11.3 Å². The molecule has 0 bridgehead atoms. The largest absolute Gasteiger partial charge is 0.493 e. The van der Waals surface area contributed by atoms with Crippen LogP contribution in [0.1, 0.15) is 18.9 Å². The lowest BCUT2D eigenvalue weighted by Gasteiger charge is -2.11. The SMILES string of the molecule is CCOCCCOc1ccc([N+](=O)[O-])cc1CNC. The van der Waals surface area contributed by atoms with E-state index in [4.69, 9.17) is 9.47 Å². The fourth-order valence-electron chi connectivity index (χ4n) is 1.64. The molecule has 106 valence electrons. The fourth-order valence-corrected chi connectivity index (χ4v) is 1.64. The summed E-state index contributed by atoms with van der Waals surface area (Å²) in [5.74, 6) is 0.677. The maximum atomic E-state index is 10.7. The van der Waals surface area contributed by atoms with Gasteiger partial charge in [-0.2, -0.15) is 0 Å². The molecule has 0 unspecified atom stereocenters. The van der Waals surface area contributed by atoms with Crippen molar-refractivity contribution in [3.8, 4) is 5.75 Å². The maximum absolute atomic E-state index is 10.7. The number of nitro groups is 1. The van der Waals surface area contributed by atoms with Crippen LogP contribution in [0.25, 0.3) is 0 Å². The van der Waals surface area contributed by atoms with Crippen molar-refractivity contribution in [3.05, 3.63) is 33.9 Å². The van der Waals surface area contributed by atoms with Gasteiger partial charge in [0.15, 0.2) is 0 Å². The number of hydrogen-bond acceptors (Lipinski definition) is 5. The summed E-state index contributed by atoms with van der Waals surface area (Å²) in [6.07, 6.45) is 0.795. The summed E-state index contributed by atoms with van der Waals surface area (Å²) in [5.41, 5.74) is 0.861. The predicted octanol–water partition coefficient (Wildman–Crippen LogP) is 2.12. The van der Waals surface area contributed by atoms with Gasteiger partial charge in [0.2, 0.25) is 0 Å². The number of nitro benzene ring substituents is 1. The number of ether oxygens (including phenoxy) is 2. The Morgan fingerprint density at radius 2 is 2.16 bits per heavy atom. The Hall–Kier alpha value is -1.66. The molecule has 1 aromatic carbocycles. The Morgan fingerprint density at radius 1 is 1.37 bits per heavy atom. The van der Waals surface area contributed by atoms with Gasteiger partial charge in [-0.25, -0.2) is 0 Å². The molecular formula is C13H20N2O4. The summed E-state index contributed by atoms with van der Waals surface area (Å²) < 4.78 is 10.8. The second-order valence-electron chi connectivity index (χ2n) is 3.98. The summed E-state index contributed by atoms with van der Waals surface area (Å²) >= 11 is 0. The topological polar surface area (TPSA) is 73.6 Å². The van der Waals surface area contributed by atoms with Crippen LogP contribution in [0.3, 0.4) is 0 Å². The monoisotopic (exact) mass is 268 g/mol. The zero-order chi connectivity index (χ0) is 14.1. The highest BCUT2D eigenvalue weighted by Crippen LogP contribution is 2.24. The lowest BCUT2D eigenvalue weighted by atomic mass is 10.1. The van der Waals surface area contributed by atoms with Crippen LogP contribution in [-0.4, -0.2) is 31.8 Å². The minimum atomic E-state index is -0.405. The molecule has 1 aromatic rings. The summed E-state index contributed by atoms with van der Waals surface area (Å²) in [5, 5.41) is 13.7. The van der Waals surface area contributed by atoms with E-state index in [0.29, 0.717) is 32.1 Å². The van der Waals surface area contributed by atoms with Gasteiger partial charge in [-0.1, -0.05) is 0 Å². The zero-order valence-corrected chi connectivity index (χ0v) is 11.3. The first kappa shape index (κ1) is 15.4. The molecule has 0 heterocycles. The van der Waals surface area contributed by atoms with Crippen LogP contribution < -0.4 is 10.1 Å². The second-order valence-corrected chi connectivity index (χ2v) is 3.98. The summed E-state index contributed by atoms with van der Waals surface area (Å²) in [4.78, 5) is 10.3. The van der Waals surface area contributed by atoms with Gasteiger partial charge < -0.3 is 14.8 Å². The summed E-state index contributed by atoms with van der Waals surface area (Å²) in [6, 6.07) is 4.64. The van der Waals surface area contributed by atoms with Crippen molar-refractivity contribution >= 4 is 5.69 Å². The minimum absolute atomic E-state index is 0.0758. The molecule has 1 rings (SSSR count). The molecule has 0 amide bonds. The van der Waals surface area contributed by atoms with Crippen molar-refractivity contribution in [2.45, 2.75) is 19.9 Å². The van der Waals surface area contributed by atoms with E-state index in [1.54, 1.807) is 13.1 Å². The van der Waals surface area contributed by atoms with Crippen molar-refractivity contribution in [1.29, 1.82) is 0 Å². The molecular weight excluding hydrogens is 248 g/mol. The Labute approximate surface area is 112 Å². The first-order chi connectivity index (χ1) is 9.19. The Kier molecular flexibility index (Phi) is 6.84. The van der Waals surface area contributed by atoms with Crippen molar-refractivity contribution in [3.63, 3.8) is 0 Å². The van der Waals surface area contributed by atoms with Crippen LogP contribution in [0.2, 0.25) is 0 Å². The molecule has 6 nitrogen and oxygen atoms in total. The molecule has 1 N–H and O–H groups in total. The van der Waals surface area contributed by atoms with Crippen molar-refractivity contribution in [2.24, 2.45) is 0 Å². The average Bonchev–Trinajstić information content (AvgIpc) is 2.40. The van der Waals surface area contributed by atoms with Gasteiger partial charge in [0.25, 0.3) is 5.69 Å². The molecule has 0 saturated carbocycles. The van der Waals surface area contributed by atoms with E-state index in [1.807, 2.05) is 6.92 Å². The van der Waals surface area contributed by atoms with Gasteiger partial charge in [0, 0.05) is 43.9 Å². The third-order valence-corrected chi connectivity index (χ3v) is 2.52. The molecule has 6 heteroatoms. The predicted molar refractivity (Wildman–Crippen MR) is 72.5 cm³/mol. The minimum Gasteiger partial charge on any atom is -0.493 e. The van der Waals surface area contributed by atoms with Crippen LogP contribution in [0.4, 0.5) is 5.69 Å². The molecule has 19 heavy (non-hydrogen) atoms. The number of non-ortho nitro benzene ring substituents is 1. The summed E-state index contributed by atoms with van der Waals surface area (Å²) in [7, 11) is 1.79. The highest BCUT2D eigenvalue weighted by Gasteiger charge is 2.11. The van der Waals surface area contributed by atoms with E-state index in [0.717, 1.165) is 12.0 Å². The maximum Gasteiger partial charge on any atom is 0.270 e. The van der Waals surface area contributed by atoms with Crippen molar-refractivity contribution in [2.75, 3.05) is 26.9 Å². The lowest BCUT2D eigenvalue weighted by Crippen LogP contribution is -2.09. The fraction of sp³-hybridized carbons (Fsp3) is 0.538. The normalized spacial score (nSPS) is 10.4. The Bertz CT molecular complexity index is 410. The molecule has 0 saturated heterocycles. The Balaban J connectivity index is 2.62. The number of rotatable bonds is 9. The second kappa shape index (κ2) is 8.44. The van der Waals surface area contributed by atoms with Gasteiger partial charge in [-0.3, -0.25) is 10.1 Å². The van der Waals surface area contributed by atoms with Crippen LogP contribution in [0.5, 0.6) is 5.75 Å². The number of nitrogens with zero attached hydrogens (tertiary/aromatic N) is 1. The van der Waals surface area contributed by atoms with E-state index >= 15 is 0 Å². The highest BCUT2D eigenvalue weighted by molar-refractivity contribution is 5.43. The van der Waals surface area contributed by atoms with E-state index in [1.165, 1.54) is 12.1 Å². The molecule has 0 radical (unpaired) electrons. The van der Waals surface area contributed by atoms with Crippen LogP contribution >= 0.6 is 0 Å². The third kappa shape index (κ3) is 5.23. The van der Waals surface area contributed by atoms with Gasteiger partial charge in [-0.05, 0) is 20.0 Å². The van der Waals surface area contributed by atoms with Gasteiger partial charge >= 0.3 is 0 Å². The standard InChI is InChI=1S/C13H20N2O4/c1-3-18-7-4-8-19-13-6-5-12(15(16)17)9-11(13)10-14-2/h5-6,9,14H,3-4,7-8,10H2,1-2H3. The average molecular weight is 268 g/mol. The number of benzene rings is 1. The van der Waals surface area contributed by atoms with Crippen LogP contribution in [0, 0.1) is 10.1 Å². The quantitative estimate of drug-likeness (QED) is 0.422. The molecule has 0 fully saturated rings. The smallest absolute Gasteiger partial charge is 0.270 e. The lowest BCUT2D eigenvalue weighted by molar-refractivity contribution is -0.384. The number of nitrogens with one attached hydrogen (secondary N) is 1. The third-order valence-electron chi connectivity index (χ3n) is 2.52. The van der Waals surface area contributed by atoms with E-state index < -0.39 is 4.92 Å². The Morgan fingerprint density at radius 3 is 2.79 bits per heavy atom. The van der Waals surface area contributed by atoms with Gasteiger partial charge in [-0.15, -0.1) is 0 Å². The molecule has 0 aromatic heterocycles. The molecule has 0 spiro atoms. The van der Waals surface area contributed by atoms with Crippen LogP contribution in [0.15, 0.2) is 18.2 Å². The van der Waals surface area contributed by atoms with Crippen molar-refractivity contribution in [1.82, 2.24) is 5.32 Å². The molecule has 0 aliphatic carbocycles. The van der Waals surface area contributed by atoms with Gasteiger partial charge in [0.05, 0.1) is 11.5 Å². The van der Waals surface area contributed by atoms with Gasteiger partial charge in [0.1, 0.15) is 5.75 Å². The molecule has 0 aliphatic rings. The van der Waals surface area contributed by atoms with E-state index in [9.17, 15) is 10.1 Å².